The predicted octanol–water partition coefficient (Wildman–Crippen LogP) is 1.98. The van der Waals surface area contributed by atoms with Crippen molar-refractivity contribution in [1.29, 1.82) is 0 Å². The van der Waals surface area contributed by atoms with Crippen LogP contribution in [0.2, 0.25) is 0 Å². The molecule has 0 amide bonds. The Morgan fingerprint density at radius 3 is 2.79 bits per heavy atom. The van der Waals surface area contributed by atoms with E-state index in [4.69, 9.17) is 9.73 Å². The molecule has 1 unspecified atom stereocenters. The lowest BCUT2D eigenvalue weighted by molar-refractivity contribution is -0.0566. The third-order valence-electron chi connectivity index (χ3n) is 5.04. The lowest BCUT2D eigenvalue weighted by Gasteiger charge is -2.31. The molecule has 2 aliphatic heterocycles. The van der Waals surface area contributed by atoms with Gasteiger partial charge in [-0.25, -0.2) is 0 Å². The molecule has 5 nitrogen and oxygen atoms in total. The topological polar surface area (TPSA) is 57.1 Å². The lowest BCUT2D eigenvalue weighted by Crippen LogP contribution is -2.43. The molecule has 2 heterocycles. The van der Waals surface area contributed by atoms with Crippen LogP contribution in [0.5, 0.6) is 0 Å². The van der Waals surface area contributed by atoms with E-state index in [1.54, 1.807) is 0 Å². The molecule has 0 spiro atoms. The monoisotopic (exact) mass is 331 g/mol. The Labute approximate surface area is 144 Å². The average molecular weight is 331 g/mol. The summed E-state index contributed by atoms with van der Waals surface area (Å²) in [5, 5.41) is 14.0. The first-order valence-corrected chi connectivity index (χ1v) is 9.08. The van der Waals surface area contributed by atoms with Crippen LogP contribution >= 0.6 is 0 Å². The van der Waals surface area contributed by atoms with Gasteiger partial charge in [0.05, 0.1) is 12.1 Å². The van der Waals surface area contributed by atoms with Crippen molar-refractivity contribution < 1.29 is 9.84 Å². The van der Waals surface area contributed by atoms with Gasteiger partial charge < -0.3 is 20.1 Å². The summed E-state index contributed by atoms with van der Waals surface area (Å²) in [7, 11) is 0. The quantitative estimate of drug-likeness (QED) is 0.654. The predicted molar refractivity (Wildman–Crippen MR) is 96.4 cm³/mol. The van der Waals surface area contributed by atoms with Crippen molar-refractivity contribution in [3.8, 4) is 0 Å². The van der Waals surface area contributed by atoms with Gasteiger partial charge in [-0.1, -0.05) is 30.3 Å². The van der Waals surface area contributed by atoms with Crippen molar-refractivity contribution in [2.24, 2.45) is 4.99 Å². The molecule has 0 aliphatic carbocycles. The van der Waals surface area contributed by atoms with Crippen molar-refractivity contribution >= 4 is 5.96 Å². The molecule has 132 valence electrons. The van der Waals surface area contributed by atoms with Gasteiger partial charge in [-0.05, 0) is 18.9 Å². The maximum atomic E-state index is 10.6. The van der Waals surface area contributed by atoms with E-state index in [1.165, 1.54) is 5.56 Å². The fourth-order valence-corrected chi connectivity index (χ4v) is 3.51. The number of hydrogen-bond donors (Lipinski definition) is 2. The summed E-state index contributed by atoms with van der Waals surface area (Å²) in [6.07, 6.45) is 2.48. The second-order valence-corrected chi connectivity index (χ2v) is 6.85. The molecule has 24 heavy (non-hydrogen) atoms. The fraction of sp³-hybridized carbons (Fsp3) is 0.632. The van der Waals surface area contributed by atoms with Gasteiger partial charge in [0.1, 0.15) is 0 Å². The number of aliphatic imine (C=N–C) groups is 1. The Morgan fingerprint density at radius 2 is 2.08 bits per heavy atom. The minimum Gasteiger partial charge on any atom is -0.388 e. The van der Waals surface area contributed by atoms with Gasteiger partial charge in [0, 0.05) is 51.6 Å². The second kappa shape index (κ2) is 7.99. The van der Waals surface area contributed by atoms with Crippen LogP contribution in [0.1, 0.15) is 37.7 Å². The smallest absolute Gasteiger partial charge is 0.194 e. The number of aliphatic hydroxyl groups is 1. The number of rotatable bonds is 4. The number of ether oxygens (including phenoxy) is 1. The van der Waals surface area contributed by atoms with E-state index in [-0.39, 0.29) is 0 Å². The summed E-state index contributed by atoms with van der Waals surface area (Å²) < 4.78 is 5.35. The van der Waals surface area contributed by atoms with Gasteiger partial charge >= 0.3 is 0 Å². The molecule has 0 bridgehead atoms. The van der Waals surface area contributed by atoms with Crippen LogP contribution in [0, 0.1) is 0 Å². The van der Waals surface area contributed by atoms with E-state index in [0.29, 0.717) is 38.5 Å². The number of benzene rings is 1. The average Bonchev–Trinajstić information content (AvgIpc) is 3.10. The maximum Gasteiger partial charge on any atom is 0.194 e. The van der Waals surface area contributed by atoms with Crippen LogP contribution in [-0.4, -0.2) is 61.0 Å². The van der Waals surface area contributed by atoms with Crippen molar-refractivity contribution in [3.63, 3.8) is 0 Å². The van der Waals surface area contributed by atoms with E-state index in [1.807, 2.05) is 0 Å². The highest BCUT2D eigenvalue weighted by Crippen LogP contribution is 2.27. The molecular formula is C19H29N3O2. The van der Waals surface area contributed by atoms with Crippen LogP contribution in [0.25, 0.3) is 0 Å². The summed E-state index contributed by atoms with van der Waals surface area (Å²) >= 11 is 0. The van der Waals surface area contributed by atoms with E-state index in [9.17, 15) is 5.11 Å². The third kappa shape index (κ3) is 4.28. The largest absolute Gasteiger partial charge is 0.388 e. The first-order chi connectivity index (χ1) is 11.7. The minimum absolute atomic E-state index is 0.450. The molecule has 0 radical (unpaired) electrons. The van der Waals surface area contributed by atoms with Crippen LogP contribution in [0.3, 0.4) is 0 Å². The highest BCUT2D eigenvalue weighted by Gasteiger charge is 2.31. The van der Waals surface area contributed by atoms with Crippen LogP contribution in [-0.2, 0) is 4.74 Å². The van der Waals surface area contributed by atoms with Gasteiger partial charge in [0.15, 0.2) is 5.96 Å². The first kappa shape index (κ1) is 17.2. The fourth-order valence-electron chi connectivity index (χ4n) is 3.51. The Kier molecular flexibility index (Phi) is 5.74. The molecule has 2 saturated heterocycles. The minimum atomic E-state index is -0.711. The molecule has 2 aliphatic rings. The molecule has 2 fully saturated rings. The van der Waals surface area contributed by atoms with Crippen molar-refractivity contribution in [1.82, 2.24) is 10.2 Å². The number of hydrogen-bond acceptors (Lipinski definition) is 3. The van der Waals surface area contributed by atoms with Gasteiger partial charge in [-0.2, -0.15) is 0 Å². The zero-order valence-electron chi connectivity index (χ0n) is 14.6. The molecule has 3 rings (SSSR count). The number of likely N-dealkylation sites (tertiary alicyclic amines) is 1. The summed E-state index contributed by atoms with van der Waals surface area (Å²) in [6, 6.07) is 10.7. The van der Waals surface area contributed by atoms with E-state index in [0.717, 1.165) is 32.0 Å². The van der Waals surface area contributed by atoms with Crippen molar-refractivity contribution in [2.45, 2.75) is 37.7 Å². The maximum absolute atomic E-state index is 10.6. The standard InChI is InChI=1S/C19H29N3O2/c1-2-20-18(21-15-19(23)9-12-24-13-10-19)22-11-8-17(14-22)16-6-4-3-5-7-16/h3-7,17,23H,2,8-15H2,1H3,(H,20,21). The van der Waals surface area contributed by atoms with Crippen LogP contribution in [0.4, 0.5) is 0 Å². The molecular weight excluding hydrogens is 302 g/mol. The number of nitrogens with zero attached hydrogens (tertiary/aromatic N) is 2. The van der Waals surface area contributed by atoms with E-state index < -0.39 is 5.60 Å². The first-order valence-electron chi connectivity index (χ1n) is 9.08. The van der Waals surface area contributed by atoms with Crippen LogP contribution < -0.4 is 5.32 Å². The zero-order valence-corrected chi connectivity index (χ0v) is 14.6. The molecule has 0 aromatic heterocycles. The van der Waals surface area contributed by atoms with Gasteiger partial charge in [0.25, 0.3) is 0 Å². The lowest BCUT2D eigenvalue weighted by atomic mass is 9.95. The summed E-state index contributed by atoms with van der Waals surface area (Å²) in [5.74, 6) is 1.48. The Bertz CT molecular complexity index is 541. The molecule has 1 atom stereocenters. The SMILES string of the molecule is CCNC(=NCC1(O)CCOCC1)N1CCC(c2ccccc2)C1. The normalized spacial score (nSPS) is 24.2. The number of guanidine groups is 1. The molecule has 2 N–H and O–H groups in total. The van der Waals surface area contributed by atoms with Crippen LogP contribution in [0.15, 0.2) is 35.3 Å². The summed E-state index contributed by atoms with van der Waals surface area (Å²) in [6.45, 7) is 6.62. The van der Waals surface area contributed by atoms with Gasteiger partial charge in [0.2, 0.25) is 0 Å². The van der Waals surface area contributed by atoms with Gasteiger partial charge in [-0.15, -0.1) is 0 Å². The number of nitrogens with one attached hydrogen (secondary N) is 1. The van der Waals surface area contributed by atoms with E-state index in [2.05, 4.69) is 47.5 Å². The Balaban J connectivity index is 1.64. The van der Waals surface area contributed by atoms with Gasteiger partial charge in [-0.3, -0.25) is 4.99 Å². The zero-order chi connectivity index (χ0) is 16.8. The van der Waals surface area contributed by atoms with Crippen molar-refractivity contribution in [2.75, 3.05) is 39.4 Å². The highest BCUT2D eigenvalue weighted by atomic mass is 16.5. The Morgan fingerprint density at radius 1 is 1.33 bits per heavy atom. The molecule has 1 aromatic rings. The molecule has 5 heteroatoms. The molecule has 1 aromatic carbocycles. The van der Waals surface area contributed by atoms with E-state index >= 15 is 0 Å². The highest BCUT2D eigenvalue weighted by molar-refractivity contribution is 5.80. The Hall–Kier alpha value is -1.59. The molecule has 0 saturated carbocycles. The second-order valence-electron chi connectivity index (χ2n) is 6.85. The summed E-state index contributed by atoms with van der Waals surface area (Å²) in [4.78, 5) is 7.07. The van der Waals surface area contributed by atoms with Crippen molar-refractivity contribution in [3.05, 3.63) is 35.9 Å². The third-order valence-corrected chi connectivity index (χ3v) is 5.04. The summed E-state index contributed by atoms with van der Waals surface area (Å²) in [5.41, 5.74) is 0.691.